The first-order valence-electron chi connectivity index (χ1n) is 11.3. The molecule has 4 aliphatic carbocycles. The molecule has 2 bridgehead atoms. The van der Waals surface area contributed by atoms with E-state index in [1.807, 2.05) is 30.3 Å². The normalized spacial score (nSPS) is 31.9. The highest BCUT2D eigenvalue weighted by molar-refractivity contribution is 6.42. The summed E-state index contributed by atoms with van der Waals surface area (Å²) < 4.78 is 0. The van der Waals surface area contributed by atoms with Crippen LogP contribution in [0.1, 0.15) is 12.0 Å². The van der Waals surface area contributed by atoms with Gasteiger partial charge in [-0.1, -0.05) is 65.7 Å². The fourth-order valence-corrected chi connectivity index (χ4v) is 6.52. The van der Waals surface area contributed by atoms with Gasteiger partial charge in [-0.3, -0.25) is 19.3 Å². The number of carbonyl (C=O) groups excluding carboxylic acids is 3. The second-order valence-electron chi connectivity index (χ2n) is 9.52. The smallest absolute Gasteiger partial charge is 0.248 e. The summed E-state index contributed by atoms with van der Waals surface area (Å²) in [5.74, 6) is -0.266. The Bertz CT molecular complexity index is 1160. The molecule has 33 heavy (non-hydrogen) atoms. The number of nitrogens with zero attached hydrogens (tertiary/aromatic N) is 1. The lowest BCUT2D eigenvalue weighted by Crippen LogP contribution is -2.49. The van der Waals surface area contributed by atoms with Gasteiger partial charge < -0.3 is 5.32 Å². The van der Waals surface area contributed by atoms with Crippen LogP contribution in [0.3, 0.4) is 0 Å². The quantitative estimate of drug-likeness (QED) is 0.502. The highest BCUT2D eigenvalue weighted by atomic mass is 35.5. The first-order valence-corrected chi connectivity index (χ1v) is 12.0. The number of rotatable bonds is 5. The molecular formula is C26H22Cl2N2O3. The molecule has 2 saturated carbocycles. The highest BCUT2D eigenvalue weighted by Gasteiger charge is 2.67. The van der Waals surface area contributed by atoms with Crippen LogP contribution in [-0.4, -0.2) is 28.7 Å². The summed E-state index contributed by atoms with van der Waals surface area (Å²) in [6.45, 7) is 0. The molecular weight excluding hydrogens is 459 g/mol. The van der Waals surface area contributed by atoms with E-state index in [2.05, 4.69) is 17.5 Å². The van der Waals surface area contributed by atoms with Gasteiger partial charge in [0, 0.05) is 12.1 Å². The molecule has 2 aromatic carbocycles. The molecule has 7 heteroatoms. The van der Waals surface area contributed by atoms with E-state index in [4.69, 9.17) is 23.2 Å². The molecule has 3 fully saturated rings. The molecule has 1 N–H and O–H groups in total. The second-order valence-corrected chi connectivity index (χ2v) is 10.3. The van der Waals surface area contributed by atoms with Crippen LogP contribution in [0.5, 0.6) is 0 Å². The lowest BCUT2D eigenvalue weighted by atomic mass is 9.63. The molecule has 0 aromatic heterocycles. The number of benzene rings is 2. The molecule has 1 saturated heterocycles. The predicted molar refractivity (Wildman–Crippen MR) is 126 cm³/mol. The fourth-order valence-electron chi connectivity index (χ4n) is 6.23. The zero-order valence-corrected chi connectivity index (χ0v) is 19.2. The van der Waals surface area contributed by atoms with Crippen molar-refractivity contribution in [1.82, 2.24) is 4.90 Å². The van der Waals surface area contributed by atoms with Crippen molar-refractivity contribution in [3.63, 3.8) is 0 Å². The Kier molecular flexibility index (Phi) is 4.89. The summed E-state index contributed by atoms with van der Waals surface area (Å²) in [6.07, 6.45) is 5.62. The van der Waals surface area contributed by atoms with Crippen molar-refractivity contribution >= 4 is 46.6 Å². The van der Waals surface area contributed by atoms with Crippen LogP contribution < -0.4 is 5.32 Å². The Hall–Kier alpha value is -2.63. The van der Waals surface area contributed by atoms with Crippen LogP contribution in [0.2, 0.25) is 10.0 Å². The van der Waals surface area contributed by atoms with Gasteiger partial charge in [-0.05, 0) is 53.9 Å². The van der Waals surface area contributed by atoms with E-state index in [9.17, 15) is 14.4 Å². The van der Waals surface area contributed by atoms with Gasteiger partial charge in [0.05, 0.1) is 21.9 Å². The molecule has 0 unspecified atom stereocenters. The summed E-state index contributed by atoms with van der Waals surface area (Å²) in [4.78, 5) is 42.0. The van der Waals surface area contributed by atoms with E-state index in [-0.39, 0.29) is 41.9 Å². The minimum Gasteiger partial charge on any atom is -0.324 e. The van der Waals surface area contributed by atoms with Gasteiger partial charge in [0.1, 0.15) is 6.04 Å². The zero-order valence-electron chi connectivity index (χ0n) is 17.7. The van der Waals surface area contributed by atoms with Gasteiger partial charge in [-0.15, -0.1) is 0 Å². The van der Waals surface area contributed by atoms with Crippen molar-refractivity contribution in [2.75, 3.05) is 5.32 Å². The summed E-state index contributed by atoms with van der Waals surface area (Å²) in [5, 5.41) is 3.54. The van der Waals surface area contributed by atoms with Crippen molar-refractivity contribution in [1.29, 1.82) is 0 Å². The van der Waals surface area contributed by atoms with E-state index in [0.717, 1.165) is 12.0 Å². The molecule has 1 heterocycles. The monoisotopic (exact) mass is 480 g/mol. The van der Waals surface area contributed by atoms with Gasteiger partial charge in [0.2, 0.25) is 17.7 Å². The van der Waals surface area contributed by atoms with Crippen LogP contribution in [0.4, 0.5) is 5.69 Å². The SMILES string of the molecule is O=C(Nc1ccc(Cl)c(Cl)c1)[C@@H](Cc1ccccc1)N1C(=O)[C@H]2[C@@H]3C=C[C@H]([C@H]4C[C@H]34)[C@@H]2C1=O. The minimum absolute atomic E-state index is 0.113. The van der Waals surface area contributed by atoms with Crippen molar-refractivity contribution in [3.8, 4) is 0 Å². The number of nitrogens with one attached hydrogen (secondary N) is 1. The van der Waals surface area contributed by atoms with Gasteiger partial charge in [0.15, 0.2) is 0 Å². The van der Waals surface area contributed by atoms with E-state index in [0.29, 0.717) is 27.6 Å². The number of imide groups is 1. The molecule has 0 spiro atoms. The molecule has 2 aromatic rings. The summed E-state index contributed by atoms with van der Waals surface area (Å²) >= 11 is 12.1. The maximum atomic E-state index is 13.6. The molecule has 7 rings (SSSR count). The van der Waals surface area contributed by atoms with E-state index < -0.39 is 11.9 Å². The average Bonchev–Trinajstić information content (AvgIpc) is 3.59. The second kappa shape index (κ2) is 7.71. The lowest BCUT2D eigenvalue weighted by molar-refractivity contribution is -0.146. The van der Waals surface area contributed by atoms with Gasteiger partial charge in [-0.25, -0.2) is 0 Å². The summed E-state index contributed by atoms with van der Waals surface area (Å²) in [5.41, 5.74) is 1.35. The number of carbonyl (C=O) groups is 3. The van der Waals surface area contributed by atoms with Crippen LogP contribution in [0, 0.1) is 35.5 Å². The molecule has 168 valence electrons. The average molecular weight is 481 g/mol. The molecule has 7 atom stereocenters. The lowest BCUT2D eigenvalue weighted by Gasteiger charge is -2.37. The Morgan fingerprint density at radius 3 is 2.18 bits per heavy atom. The number of hydrogen-bond acceptors (Lipinski definition) is 3. The highest BCUT2D eigenvalue weighted by Crippen LogP contribution is 2.65. The van der Waals surface area contributed by atoms with Crippen LogP contribution in [0.15, 0.2) is 60.7 Å². The molecule has 5 aliphatic rings. The molecule has 5 nitrogen and oxygen atoms in total. The third kappa shape index (κ3) is 3.32. The van der Waals surface area contributed by atoms with Crippen LogP contribution in [-0.2, 0) is 20.8 Å². The van der Waals surface area contributed by atoms with Crippen LogP contribution in [0.25, 0.3) is 0 Å². The number of halogens is 2. The Labute approximate surface area is 201 Å². The third-order valence-electron chi connectivity index (χ3n) is 7.77. The maximum absolute atomic E-state index is 13.6. The van der Waals surface area contributed by atoms with E-state index in [1.165, 1.54) is 4.90 Å². The van der Waals surface area contributed by atoms with Gasteiger partial charge in [-0.2, -0.15) is 0 Å². The largest absolute Gasteiger partial charge is 0.324 e. The third-order valence-corrected chi connectivity index (χ3v) is 8.51. The zero-order chi connectivity index (χ0) is 22.9. The van der Waals surface area contributed by atoms with E-state index >= 15 is 0 Å². The van der Waals surface area contributed by atoms with Gasteiger partial charge >= 0.3 is 0 Å². The maximum Gasteiger partial charge on any atom is 0.248 e. The van der Waals surface area contributed by atoms with Crippen molar-refractivity contribution in [3.05, 3.63) is 76.3 Å². The van der Waals surface area contributed by atoms with Crippen molar-refractivity contribution in [2.24, 2.45) is 35.5 Å². The Balaban J connectivity index is 1.33. The number of anilines is 1. The Morgan fingerprint density at radius 2 is 1.58 bits per heavy atom. The summed E-state index contributed by atoms with van der Waals surface area (Å²) in [6, 6.07) is 13.3. The first-order chi connectivity index (χ1) is 15.9. The number of likely N-dealkylation sites (tertiary alicyclic amines) is 1. The predicted octanol–water partition coefficient (Wildman–Crippen LogP) is 4.60. The van der Waals surface area contributed by atoms with Crippen LogP contribution >= 0.6 is 23.2 Å². The van der Waals surface area contributed by atoms with Crippen molar-refractivity contribution in [2.45, 2.75) is 18.9 Å². The fraction of sp³-hybridized carbons (Fsp3) is 0.346. The molecule has 0 radical (unpaired) electrons. The summed E-state index contributed by atoms with van der Waals surface area (Å²) in [7, 11) is 0. The van der Waals surface area contributed by atoms with E-state index in [1.54, 1.807) is 18.2 Å². The standard InChI is InChI=1S/C26H22Cl2N2O3/c27-19-9-6-14(11-20(19)28)29-24(31)21(10-13-4-2-1-3-5-13)30-25(32)22-15-7-8-16(18-12-17(15)18)23(22)26(30)33/h1-9,11,15-18,21-23H,10,12H2,(H,29,31)/t15-,16-,17-,18-,21-,22+,23+/m1/s1. The minimum atomic E-state index is -0.941. The number of amides is 3. The number of allylic oxidation sites excluding steroid dienone is 2. The van der Waals surface area contributed by atoms with Crippen molar-refractivity contribution < 1.29 is 14.4 Å². The Morgan fingerprint density at radius 1 is 0.939 bits per heavy atom. The first kappa shape index (κ1) is 20.9. The van der Waals surface area contributed by atoms with Gasteiger partial charge in [0.25, 0.3) is 0 Å². The number of hydrogen-bond donors (Lipinski definition) is 1. The molecule has 1 aliphatic heterocycles. The topological polar surface area (TPSA) is 66.5 Å². The molecule has 3 amide bonds.